The van der Waals surface area contributed by atoms with Gasteiger partial charge in [0.25, 0.3) is 0 Å². The number of hydrogen-bond donors (Lipinski definition) is 0. The van der Waals surface area contributed by atoms with Crippen LogP contribution in [0.5, 0.6) is 0 Å². The highest BCUT2D eigenvalue weighted by molar-refractivity contribution is 5.87. The summed E-state index contributed by atoms with van der Waals surface area (Å²) in [5, 5.41) is 2.50. The first-order valence-electron chi connectivity index (χ1n) is 7.27. The molecule has 104 valence electrons. The van der Waals surface area contributed by atoms with Crippen molar-refractivity contribution in [3.05, 3.63) is 85.2 Å². The molecule has 0 aliphatic rings. The largest absolute Gasteiger partial charge is 0.255 e. The van der Waals surface area contributed by atoms with Gasteiger partial charge in [-0.2, -0.15) is 0 Å². The van der Waals surface area contributed by atoms with E-state index in [0.29, 0.717) is 0 Å². The van der Waals surface area contributed by atoms with Gasteiger partial charge in [0, 0.05) is 18.0 Å². The average Bonchev–Trinajstić information content (AvgIpc) is 2.62. The summed E-state index contributed by atoms with van der Waals surface area (Å²) in [4.78, 5) is 8.87. The second-order valence-corrected chi connectivity index (χ2v) is 5.21. The molecule has 2 heteroatoms. The van der Waals surface area contributed by atoms with Crippen molar-refractivity contribution in [1.29, 1.82) is 0 Å². The van der Waals surface area contributed by atoms with Gasteiger partial charge in [0.1, 0.15) is 0 Å². The molecule has 2 nitrogen and oxygen atoms in total. The summed E-state index contributed by atoms with van der Waals surface area (Å²) < 4.78 is 0. The number of hydrogen-bond acceptors (Lipinski definition) is 2. The molecule has 0 saturated heterocycles. The molecule has 0 amide bonds. The second kappa shape index (κ2) is 5.41. The van der Waals surface area contributed by atoms with Crippen LogP contribution in [0.15, 0.2) is 85.2 Å². The lowest BCUT2D eigenvalue weighted by molar-refractivity contribution is 1.25. The number of benzene rings is 2. The number of pyridine rings is 2. The van der Waals surface area contributed by atoms with E-state index in [2.05, 4.69) is 58.5 Å². The summed E-state index contributed by atoms with van der Waals surface area (Å²) in [7, 11) is 0. The van der Waals surface area contributed by atoms with Crippen molar-refractivity contribution in [3.63, 3.8) is 0 Å². The van der Waals surface area contributed by atoms with E-state index in [9.17, 15) is 0 Å². The highest BCUT2D eigenvalue weighted by Gasteiger charge is 2.03. The minimum absolute atomic E-state index is 0.894. The molecule has 2 aromatic carbocycles. The minimum atomic E-state index is 0.894. The molecule has 4 rings (SSSR count). The van der Waals surface area contributed by atoms with E-state index in [4.69, 9.17) is 0 Å². The van der Waals surface area contributed by atoms with E-state index in [1.54, 1.807) is 6.20 Å². The maximum absolute atomic E-state index is 4.54. The van der Waals surface area contributed by atoms with Gasteiger partial charge in [-0.1, -0.05) is 48.5 Å². The van der Waals surface area contributed by atoms with Gasteiger partial charge in [-0.3, -0.25) is 9.97 Å². The predicted octanol–water partition coefficient (Wildman–Crippen LogP) is 4.96. The lowest BCUT2D eigenvalue weighted by Gasteiger charge is -2.05. The normalized spacial score (nSPS) is 10.7. The van der Waals surface area contributed by atoms with E-state index in [1.165, 1.54) is 16.3 Å². The Morgan fingerprint density at radius 2 is 1.32 bits per heavy atom. The maximum atomic E-state index is 4.54. The molecule has 0 radical (unpaired) electrons. The zero-order valence-corrected chi connectivity index (χ0v) is 12.0. The Labute approximate surface area is 129 Å². The van der Waals surface area contributed by atoms with E-state index in [-0.39, 0.29) is 0 Å². The number of fused-ring (bicyclic) bond motifs is 1. The van der Waals surface area contributed by atoms with E-state index in [1.807, 2.05) is 30.5 Å². The van der Waals surface area contributed by atoms with Gasteiger partial charge < -0.3 is 0 Å². The third kappa shape index (κ3) is 2.35. The lowest BCUT2D eigenvalue weighted by atomic mass is 10.0. The molecule has 0 fully saturated rings. The molecule has 4 aromatic rings. The summed E-state index contributed by atoms with van der Waals surface area (Å²) >= 11 is 0. The van der Waals surface area contributed by atoms with Crippen LogP contribution in [0.4, 0.5) is 0 Å². The third-order valence-electron chi connectivity index (χ3n) is 3.77. The first-order chi connectivity index (χ1) is 10.9. The fourth-order valence-corrected chi connectivity index (χ4v) is 2.60. The molecular formula is C20H14N2. The van der Waals surface area contributed by atoms with Crippen molar-refractivity contribution >= 4 is 10.8 Å². The van der Waals surface area contributed by atoms with Gasteiger partial charge in [-0.15, -0.1) is 0 Å². The molecule has 2 heterocycles. The van der Waals surface area contributed by atoms with Gasteiger partial charge in [-0.05, 0) is 40.6 Å². The zero-order chi connectivity index (χ0) is 14.8. The van der Waals surface area contributed by atoms with Gasteiger partial charge in [0.15, 0.2) is 0 Å². The molecule has 0 spiro atoms. The van der Waals surface area contributed by atoms with Crippen LogP contribution in [0, 0.1) is 0 Å². The number of aromatic nitrogens is 2. The van der Waals surface area contributed by atoms with E-state index >= 15 is 0 Å². The fraction of sp³-hybridized carbons (Fsp3) is 0. The van der Waals surface area contributed by atoms with Gasteiger partial charge in [0.2, 0.25) is 0 Å². The van der Waals surface area contributed by atoms with Crippen molar-refractivity contribution in [1.82, 2.24) is 9.97 Å². The Bertz CT molecular complexity index is 913. The number of nitrogens with zero attached hydrogens (tertiary/aromatic N) is 2. The third-order valence-corrected chi connectivity index (χ3v) is 3.77. The highest BCUT2D eigenvalue weighted by atomic mass is 14.8. The van der Waals surface area contributed by atoms with Crippen LogP contribution in [-0.4, -0.2) is 9.97 Å². The van der Waals surface area contributed by atoms with Crippen LogP contribution in [0.1, 0.15) is 0 Å². The summed E-state index contributed by atoms with van der Waals surface area (Å²) in [6.45, 7) is 0. The summed E-state index contributed by atoms with van der Waals surface area (Å²) in [5.41, 5.74) is 4.09. The summed E-state index contributed by atoms with van der Waals surface area (Å²) in [6.07, 6.45) is 3.70. The first-order valence-corrected chi connectivity index (χ1v) is 7.27. The van der Waals surface area contributed by atoms with Crippen molar-refractivity contribution in [2.45, 2.75) is 0 Å². The highest BCUT2D eigenvalue weighted by Crippen LogP contribution is 2.25. The van der Waals surface area contributed by atoms with Crippen molar-refractivity contribution in [2.75, 3.05) is 0 Å². The molecule has 0 unspecified atom stereocenters. The molecule has 0 bridgehead atoms. The molecule has 0 N–H and O–H groups in total. The Balaban J connectivity index is 1.73. The Morgan fingerprint density at radius 3 is 2.09 bits per heavy atom. The SMILES string of the molecule is c1ccc(-c2ccc(-c3ccc4ccccc4c3)cn2)nc1. The van der Waals surface area contributed by atoms with E-state index < -0.39 is 0 Å². The standard InChI is InChI=1S/C20H14N2/c1-2-6-16-13-17(9-8-15(16)5-1)18-10-11-20(22-14-18)19-7-3-4-12-21-19/h1-14H. The maximum Gasteiger partial charge on any atom is 0.0886 e. The van der Waals surface area contributed by atoms with Gasteiger partial charge >= 0.3 is 0 Å². The Morgan fingerprint density at radius 1 is 0.545 bits per heavy atom. The quantitative estimate of drug-likeness (QED) is 0.519. The van der Waals surface area contributed by atoms with Crippen molar-refractivity contribution in [3.8, 4) is 22.5 Å². The van der Waals surface area contributed by atoms with Crippen LogP contribution in [0.3, 0.4) is 0 Å². The lowest BCUT2D eigenvalue weighted by Crippen LogP contribution is -1.87. The average molecular weight is 282 g/mol. The molecule has 22 heavy (non-hydrogen) atoms. The molecule has 0 atom stereocenters. The molecule has 0 aliphatic carbocycles. The molecule has 0 saturated carbocycles. The topological polar surface area (TPSA) is 25.8 Å². The predicted molar refractivity (Wildman–Crippen MR) is 90.4 cm³/mol. The van der Waals surface area contributed by atoms with Crippen molar-refractivity contribution < 1.29 is 0 Å². The van der Waals surface area contributed by atoms with Crippen LogP contribution in [0.2, 0.25) is 0 Å². The molecule has 2 aromatic heterocycles. The zero-order valence-electron chi connectivity index (χ0n) is 12.0. The number of rotatable bonds is 2. The Hall–Kier alpha value is -3.00. The van der Waals surface area contributed by atoms with Gasteiger partial charge in [-0.25, -0.2) is 0 Å². The van der Waals surface area contributed by atoms with Crippen LogP contribution >= 0.6 is 0 Å². The van der Waals surface area contributed by atoms with Crippen LogP contribution < -0.4 is 0 Å². The van der Waals surface area contributed by atoms with E-state index in [0.717, 1.165) is 17.0 Å². The monoisotopic (exact) mass is 282 g/mol. The fourth-order valence-electron chi connectivity index (χ4n) is 2.60. The van der Waals surface area contributed by atoms with Gasteiger partial charge in [0.05, 0.1) is 11.4 Å². The summed E-state index contributed by atoms with van der Waals surface area (Å²) in [5.74, 6) is 0. The molecule has 0 aliphatic heterocycles. The summed E-state index contributed by atoms with van der Waals surface area (Å²) in [6, 6.07) is 24.8. The molecular weight excluding hydrogens is 268 g/mol. The second-order valence-electron chi connectivity index (χ2n) is 5.21. The van der Waals surface area contributed by atoms with Crippen molar-refractivity contribution in [2.24, 2.45) is 0 Å². The minimum Gasteiger partial charge on any atom is -0.255 e. The Kier molecular flexibility index (Phi) is 3.13. The smallest absolute Gasteiger partial charge is 0.0886 e. The van der Waals surface area contributed by atoms with Crippen LogP contribution in [0.25, 0.3) is 33.3 Å². The first kappa shape index (κ1) is 12.7. The van der Waals surface area contributed by atoms with Crippen LogP contribution in [-0.2, 0) is 0 Å².